The summed E-state index contributed by atoms with van der Waals surface area (Å²) in [6.45, 7) is 0.480. The van der Waals surface area contributed by atoms with Gasteiger partial charge in [-0.15, -0.1) is 0 Å². The average Bonchev–Trinajstić information content (AvgIpc) is 2.91. The molecule has 0 aliphatic carbocycles. The molecule has 23 heavy (non-hydrogen) atoms. The number of likely N-dealkylation sites (tertiary alicyclic amines) is 1. The number of benzene rings is 1. The quantitative estimate of drug-likeness (QED) is 0.829. The smallest absolute Gasteiger partial charge is 0.305 e. The van der Waals surface area contributed by atoms with Crippen molar-refractivity contribution in [2.45, 2.75) is 44.2 Å². The van der Waals surface area contributed by atoms with Crippen LogP contribution in [0.2, 0.25) is 5.02 Å². The highest BCUT2D eigenvalue weighted by Crippen LogP contribution is 2.24. The molecule has 1 heterocycles. The van der Waals surface area contributed by atoms with Gasteiger partial charge in [-0.3, -0.25) is 9.59 Å². The van der Waals surface area contributed by atoms with Crippen LogP contribution >= 0.6 is 11.6 Å². The minimum atomic E-state index is -0.884. The highest BCUT2D eigenvalue weighted by Gasteiger charge is 2.36. The van der Waals surface area contributed by atoms with Gasteiger partial charge in [0.1, 0.15) is 0 Å². The molecule has 0 spiro atoms. The van der Waals surface area contributed by atoms with Crippen LogP contribution < -0.4 is 0 Å². The molecule has 2 atom stereocenters. The van der Waals surface area contributed by atoms with Gasteiger partial charge in [0.15, 0.2) is 0 Å². The molecule has 1 amide bonds. The first-order valence-electron chi connectivity index (χ1n) is 7.78. The lowest BCUT2D eigenvalue weighted by Gasteiger charge is -2.23. The summed E-state index contributed by atoms with van der Waals surface area (Å²) in [5, 5.41) is 9.69. The Morgan fingerprint density at radius 3 is 2.65 bits per heavy atom. The lowest BCUT2D eigenvalue weighted by molar-refractivity contribution is -0.139. The number of rotatable bonds is 7. The molecular formula is C17H22ClNO4. The maximum Gasteiger partial charge on any atom is 0.305 e. The normalized spacial score (nSPS) is 20.7. The molecule has 0 radical (unpaired) electrons. The largest absolute Gasteiger partial charge is 0.481 e. The Morgan fingerprint density at radius 2 is 2.04 bits per heavy atom. The zero-order valence-electron chi connectivity index (χ0n) is 13.2. The number of nitrogens with zero attached hydrogens (tertiary/aromatic N) is 1. The molecule has 1 aliphatic rings. The Balaban J connectivity index is 1.85. The van der Waals surface area contributed by atoms with Gasteiger partial charge in [0.2, 0.25) is 5.91 Å². The van der Waals surface area contributed by atoms with E-state index in [1.54, 1.807) is 12.0 Å². The summed E-state index contributed by atoms with van der Waals surface area (Å²) < 4.78 is 5.29. The first-order chi connectivity index (χ1) is 11.0. The minimum absolute atomic E-state index is 0.00441. The standard InChI is InChI=1S/C17H22ClNO4/c1-23-15-9-14(10-17(21)22)19(11-15)16(20)4-2-3-12-5-7-13(18)8-6-12/h5-8,14-15H,2-4,9-11H2,1H3,(H,21,22). The molecule has 5 nitrogen and oxygen atoms in total. The van der Waals surface area contributed by atoms with E-state index in [0.717, 1.165) is 18.4 Å². The van der Waals surface area contributed by atoms with Gasteiger partial charge >= 0.3 is 5.97 Å². The van der Waals surface area contributed by atoms with E-state index < -0.39 is 5.97 Å². The third-order valence-corrected chi connectivity index (χ3v) is 4.46. The van der Waals surface area contributed by atoms with Crippen molar-refractivity contribution < 1.29 is 19.4 Å². The third-order valence-electron chi connectivity index (χ3n) is 4.21. The predicted molar refractivity (Wildman–Crippen MR) is 87.6 cm³/mol. The molecule has 2 rings (SSSR count). The van der Waals surface area contributed by atoms with Crippen molar-refractivity contribution in [1.29, 1.82) is 0 Å². The number of amides is 1. The number of carbonyl (C=O) groups excluding carboxylic acids is 1. The van der Waals surface area contributed by atoms with Crippen LogP contribution in [-0.2, 0) is 20.7 Å². The third kappa shape index (κ3) is 5.22. The van der Waals surface area contributed by atoms with Crippen LogP contribution in [0, 0.1) is 0 Å². The molecule has 1 aromatic carbocycles. The van der Waals surface area contributed by atoms with Crippen molar-refractivity contribution in [2.75, 3.05) is 13.7 Å². The number of halogens is 1. The average molecular weight is 340 g/mol. The Hall–Kier alpha value is -1.59. The molecular weight excluding hydrogens is 318 g/mol. The van der Waals surface area contributed by atoms with Crippen molar-refractivity contribution in [3.63, 3.8) is 0 Å². The summed E-state index contributed by atoms with van der Waals surface area (Å²) in [6.07, 6.45) is 2.44. The highest BCUT2D eigenvalue weighted by molar-refractivity contribution is 6.30. The van der Waals surface area contributed by atoms with E-state index in [-0.39, 0.29) is 24.5 Å². The molecule has 0 bridgehead atoms. The number of hydrogen-bond donors (Lipinski definition) is 1. The van der Waals surface area contributed by atoms with E-state index in [0.29, 0.717) is 24.4 Å². The SMILES string of the molecule is COC1CC(CC(=O)O)N(C(=O)CCCc2ccc(Cl)cc2)C1. The van der Waals surface area contributed by atoms with Crippen molar-refractivity contribution in [3.05, 3.63) is 34.9 Å². The number of aryl methyl sites for hydroxylation is 1. The van der Waals surface area contributed by atoms with Gasteiger partial charge in [-0.1, -0.05) is 23.7 Å². The second kappa shape index (κ2) is 8.31. The number of methoxy groups -OCH3 is 1. The maximum absolute atomic E-state index is 12.4. The second-order valence-corrected chi connectivity index (χ2v) is 6.31. The van der Waals surface area contributed by atoms with Crippen LogP contribution in [0.1, 0.15) is 31.2 Å². The van der Waals surface area contributed by atoms with Gasteiger partial charge in [-0.05, 0) is 37.0 Å². The summed E-state index contributed by atoms with van der Waals surface area (Å²) in [5.74, 6) is -0.879. The van der Waals surface area contributed by atoms with E-state index >= 15 is 0 Å². The number of aliphatic carboxylic acids is 1. The van der Waals surface area contributed by atoms with Crippen LogP contribution in [0.3, 0.4) is 0 Å². The Kier molecular flexibility index (Phi) is 6.42. The Bertz CT molecular complexity index is 546. The highest BCUT2D eigenvalue weighted by atomic mass is 35.5. The number of carboxylic acid groups (broad SMARTS) is 1. The fraction of sp³-hybridized carbons (Fsp3) is 0.529. The molecule has 1 aromatic rings. The maximum atomic E-state index is 12.4. The van der Waals surface area contributed by atoms with Crippen LogP contribution in [0.5, 0.6) is 0 Å². The Morgan fingerprint density at radius 1 is 1.35 bits per heavy atom. The number of hydrogen-bond acceptors (Lipinski definition) is 3. The molecule has 0 saturated carbocycles. The molecule has 126 valence electrons. The summed E-state index contributed by atoms with van der Waals surface area (Å²) in [6, 6.07) is 7.32. The minimum Gasteiger partial charge on any atom is -0.481 e. The van der Waals surface area contributed by atoms with Gasteiger partial charge < -0.3 is 14.7 Å². The topological polar surface area (TPSA) is 66.8 Å². The van der Waals surface area contributed by atoms with Gasteiger partial charge in [0.25, 0.3) is 0 Å². The fourth-order valence-electron chi connectivity index (χ4n) is 2.98. The first-order valence-corrected chi connectivity index (χ1v) is 8.16. The number of carboxylic acids is 1. The van der Waals surface area contributed by atoms with Gasteiger partial charge in [-0.2, -0.15) is 0 Å². The summed E-state index contributed by atoms with van der Waals surface area (Å²) in [4.78, 5) is 25.0. The Labute approximate surface area is 141 Å². The lowest BCUT2D eigenvalue weighted by atomic mass is 10.1. The van der Waals surface area contributed by atoms with Crippen molar-refractivity contribution in [1.82, 2.24) is 4.90 Å². The second-order valence-electron chi connectivity index (χ2n) is 5.87. The van der Waals surface area contributed by atoms with Crippen LogP contribution in [0.25, 0.3) is 0 Å². The molecule has 1 fully saturated rings. The van der Waals surface area contributed by atoms with Crippen molar-refractivity contribution >= 4 is 23.5 Å². The molecule has 0 aromatic heterocycles. The zero-order valence-corrected chi connectivity index (χ0v) is 14.0. The number of ether oxygens (including phenoxy) is 1. The monoisotopic (exact) mass is 339 g/mol. The van der Waals surface area contributed by atoms with Gasteiger partial charge in [0, 0.05) is 31.1 Å². The van der Waals surface area contributed by atoms with Crippen molar-refractivity contribution in [2.24, 2.45) is 0 Å². The van der Waals surface area contributed by atoms with E-state index in [4.69, 9.17) is 21.4 Å². The van der Waals surface area contributed by atoms with Crippen LogP contribution in [0.15, 0.2) is 24.3 Å². The lowest BCUT2D eigenvalue weighted by Crippen LogP contribution is -2.37. The summed E-state index contributed by atoms with van der Waals surface area (Å²) in [7, 11) is 1.59. The van der Waals surface area contributed by atoms with E-state index in [2.05, 4.69) is 0 Å². The fourth-order valence-corrected chi connectivity index (χ4v) is 3.11. The zero-order chi connectivity index (χ0) is 16.8. The molecule has 1 aliphatic heterocycles. The summed E-state index contributed by atoms with van der Waals surface area (Å²) >= 11 is 5.85. The van der Waals surface area contributed by atoms with Crippen LogP contribution in [0.4, 0.5) is 0 Å². The molecule has 1 saturated heterocycles. The van der Waals surface area contributed by atoms with Gasteiger partial charge in [-0.25, -0.2) is 0 Å². The van der Waals surface area contributed by atoms with E-state index in [9.17, 15) is 9.59 Å². The predicted octanol–water partition coefficient (Wildman–Crippen LogP) is 2.75. The first kappa shape index (κ1) is 17.8. The van der Waals surface area contributed by atoms with Crippen LogP contribution in [-0.4, -0.2) is 47.7 Å². The summed E-state index contributed by atoms with van der Waals surface area (Å²) in [5.41, 5.74) is 1.14. The molecule has 1 N–H and O–H groups in total. The molecule has 6 heteroatoms. The van der Waals surface area contributed by atoms with Crippen molar-refractivity contribution in [3.8, 4) is 0 Å². The van der Waals surface area contributed by atoms with E-state index in [1.807, 2.05) is 24.3 Å². The van der Waals surface area contributed by atoms with E-state index in [1.165, 1.54) is 0 Å². The molecule has 2 unspecified atom stereocenters. The van der Waals surface area contributed by atoms with Gasteiger partial charge in [0.05, 0.1) is 12.5 Å². The number of carbonyl (C=O) groups is 2.